The van der Waals surface area contributed by atoms with E-state index in [9.17, 15) is 0 Å². The van der Waals surface area contributed by atoms with E-state index in [4.69, 9.17) is 5.73 Å². The minimum Gasteiger partial charge on any atom is -0.327 e. The molecule has 6 heteroatoms. The van der Waals surface area contributed by atoms with Crippen molar-refractivity contribution in [1.82, 2.24) is 15.1 Å². The van der Waals surface area contributed by atoms with Gasteiger partial charge >= 0.3 is 0 Å². The highest BCUT2D eigenvalue weighted by Crippen LogP contribution is 2.11. The molecule has 1 fully saturated rings. The number of aromatic amines is 1. The third kappa shape index (κ3) is 4.29. The lowest BCUT2D eigenvalue weighted by atomic mass is 10.1. The molecule has 0 spiro atoms. The number of rotatable bonds is 2. The van der Waals surface area contributed by atoms with Gasteiger partial charge in [-0.25, -0.2) is 0 Å². The molecule has 1 saturated heterocycles. The normalized spacial score (nSPS) is 21.0. The summed E-state index contributed by atoms with van der Waals surface area (Å²) >= 11 is 0. The first kappa shape index (κ1) is 15.7. The van der Waals surface area contributed by atoms with Crippen molar-refractivity contribution in [1.29, 1.82) is 0 Å². The maximum Gasteiger partial charge on any atom is 0.0765 e. The third-order valence-electron chi connectivity index (χ3n) is 2.69. The quantitative estimate of drug-likeness (QED) is 0.853. The van der Waals surface area contributed by atoms with Gasteiger partial charge in [0.2, 0.25) is 0 Å². The molecular weight excluding hydrogens is 247 g/mol. The minimum atomic E-state index is 0. The average Bonchev–Trinajstić information content (AvgIpc) is 2.51. The zero-order valence-corrected chi connectivity index (χ0v) is 11.1. The number of likely N-dealkylation sites (tertiary alicyclic amines) is 1. The van der Waals surface area contributed by atoms with Crippen molar-refractivity contribution in [3.8, 4) is 0 Å². The van der Waals surface area contributed by atoms with Crippen molar-refractivity contribution in [3.63, 3.8) is 0 Å². The van der Waals surface area contributed by atoms with Crippen molar-refractivity contribution >= 4 is 24.8 Å². The Morgan fingerprint density at radius 2 is 2.31 bits per heavy atom. The second-order valence-corrected chi connectivity index (χ2v) is 4.18. The van der Waals surface area contributed by atoms with Gasteiger partial charge in [-0.1, -0.05) is 0 Å². The van der Waals surface area contributed by atoms with Crippen molar-refractivity contribution in [2.75, 3.05) is 13.1 Å². The predicted molar refractivity (Wildman–Crippen MR) is 70.3 cm³/mol. The Hall–Kier alpha value is -0.290. The van der Waals surface area contributed by atoms with Crippen LogP contribution < -0.4 is 5.73 Å². The Balaban J connectivity index is 0.00000112. The van der Waals surface area contributed by atoms with Crippen LogP contribution in [0.2, 0.25) is 0 Å². The second-order valence-electron chi connectivity index (χ2n) is 4.18. The molecule has 2 rings (SSSR count). The van der Waals surface area contributed by atoms with E-state index in [2.05, 4.69) is 21.2 Å². The smallest absolute Gasteiger partial charge is 0.0765 e. The largest absolute Gasteiger partial charge is 0.327 e. The lowest BCUT2D eigenvalue weighted by Crippen LogP contribution is -2.42. The van der Waals surface area contributed by atoms with Crippen LogP contribution >= 0.6 is 24.8 Å². The molecule has 2 heterocycles. The number of nitrogens with zero attached hydrogens (tertiary/aromatic N) is 2. The maximum atomic E-state index is 5.91. The molecular formula is C10H20Cl2N4. The molecule has 4 nitrogen and oxygen atoms in total. The highest BCUT2D eigenvalue weighted by molar-refractivity contribution is 5.85. The molecule has 0 aromatic carbocycles. The first-order chi connectivity index (χ1) is 6.74. The molecule has 1 unspecified atom stereocenters. The van der Waals surface area contributed by atoms with Gasteiger partial charge in [0, 0.05) is 24.8 Å². The fraction of sp³-hybridized carbons (Fsp3) is 0.700. The van der Waals surface area contributed by atoms with Crippen LogP contribution in [0, 0.1) is 6.92 Å². The Kier molecular flexibility index (Phi) is 6.99. The van der Waals surface area contributed by atoms with Crippen LogP contribution in [0.15, 0.2) is 6.07 Å². The van der Waals surface area contributed by atoms with Crippen molar-refractivity contribution in [2.24, 2.45) is 5.73 Å². The molecule has 3 N–H and O–H groups in total. The number of hydrogen-bond donors (Lipinski definition) is 2. The molecule has 94 valence electrons. The number of halogens is 2. The van der Waals surface area contributed by atoms with Crippen LogP contribution in [-0.4, -0.2) is 34.2 Å². The first-order valence-corrected chi connectivity index (χ1v) is 5.23. The number of nitrogens with one attached hydrogen (secondary N) is 1. The van der Waals surface area contributed by atoms with E-state index in [0.717, 1.165) is 37.4 Å². The lowest BCUT2D eigenvalue weighted by Gasteiger charge is -2.29. The van der Waals surface area contributed by atoms with Gasteiger partial charge in [0.25, 0.3) is 0 Å². The first-order valence-electron chi connectivity index (χ1n) is 5.23. The van der Waals surface area contributed by atoms with Crippen LogP contribution in [0.4, 0.5) is 0 Å². The molecule has 1 aliphatic heterocycles. The van der Waals surface area contributed by atoms with E-state index in [0.29, 0.717) is 6.04 Å². The second kappa shape index (κ2) is 7.12. The molecule has 0 bridgehead atoms. The summed E-state index contributed by atoms with van der Waals surface area (Å²) < 4.78 is 0. The topological polar surface area (TPSA) is 57.9 Å². The number of aromatic nitrogens is 2. The lowest BCUT2D eigenvalue weighted by molar-refractivity contribution is 0.199. The SMILES string of the molecule is Cc1cc(CN2CCCC(N)C2)n[nH]1.Cl.Cl. The Bertz CT molecular complexity index is 303. The van der Waals surface area contributed by atoms with Crippen LogP contribution in [0.1, 0.15) is 24.2 Å². The third-order valence-corrected chi connectivity index (χ3v) is 2.69. The minimum absolute atomic E-state index is 0. The summed E-state index contributed by atoms with van der Waals surface area (Å²) in [5.74, 6) is 0. The summed E-state index contributed by atoms with van der Waals surface area (Å²) in [6.45, 7) is 5.11. The molecule has 1 aromatic heterocycles. The molecule has 16 heavy (non-hydrogen) atoms. The van der Waals surface area contributed by atoms with E-state index in [1.807, 2.05) is 6.92 Å². The molecule has 1 aliphatic rings. The van der Waals surface area contributed by atoms with Gasteiger partial charge in [-0.15, -0.1) is 24.8 Å². The maximum absolute atomic E-state index is 5.91. The summed E-state index contributed by atoms with van der Waals surface area (Å²) in [6.07, 6.45) is 2.38. The van der Waals surface area contributed by atoms with Gasteiger partial charge in [0.05, 0.1) is 5.69 Å². The molecule has 0 saturated carbocycles. The highest BCUT2D eigenvalue weighted by Gasteiger charge is 2.17. The summed E-state index contributed by atoms with van der Waals surface area (Å²) in [7, 11) is 0. The molecule has 1 aromatic rings. The van der Waals surface area contributed by atoms with E-state index in [-0.39, 0.29) is 24.8 Å². The zero-order chi connectivity index (χ0) is 9.97. The summed E-state index contributed by atoms with van der Waals surface area (Å²) in [4.78, 5) is 2.38. The van der Waals surface area contributed by atoms with Crippen LogP contribution in [0.25, 0.3) is 0 Å². The molecule has 0 radical (unpaired) electrons. The van der Waals surface area contributed by atoms with E-state index in [1.165, 1.54) is 6.42 Å². The zero-order valence-electron chi connectivity index (χ0n) is 9.48. The number of aryl methyl sites for hydroxylation is 1. The predicted octanol–water partition coefficient (Wildman–Crippen LogP) is 1.48. The van der Waals surface area contributed by atoms with Gasteiger partial charge in [-0.05, 0) is 32.4 Å². The Morgan fingerprint density at radius 1 is 1.56 bits per heavy atom. The number of nitrogens with two attached hydrogens (primary N) is 1. The van der Waals surface area contributed by atoms with Gasteiger partial charge in [-0.3, -0.25) is 10.00 Å². The van der Waals surface area contributed by atoms with E-state index >= 15 is 0 Å². The van der Waals surface area contributed by atoms with Crippen molar-refractivity contribution < 1.29 is 0 Å². The highest BCUT2D eigenvalue weighted by atomic mass is 35.5. The Labute approximate surface area is 109 Å². The summed E-state index contributed by atoms with van der Waals surface area (Å²) in [5.41, 5.74) is 8.16. The van der Waals surface area contributed by atoms with Crippen molar-refractivity contribution in [2.45, 2.75) is 32.4 Å². The Morgan fingerprint density at radius 3 is 2.88 bits per heavy atom. The van der Waals surface area contributed by atoms with E-state index in [1.54, 1.807) is 0 Å². The fourth-order valence-corrected chi connectivity index (χ4v) is 2.02. The van der Waals surface area contributed by atoms with Crippen LogP contribution in [0.3, 0.4) is 0 Å². The van der Waals surface area contributed by atoms with Crippen molar-refractivity contribution in [3.05, 3.63) is 17.5 Å². The van der Waals surface area contributed by atoms with Crippen LogP contribution in [0.5, 0.6) is 0 Å². The molecule has 1 atom stereocenters. The van der Waals surface area contributed by atoms with E-state index < -0.39 is 0 Å². The molecule has 0 amide bonds. The number of hydrogen-bond acceptors (Lipinski definition) is 3. The van der Waals surface area contributed by atoms with Gasteiger partial charge in [-0.2, -0.15) is 5.10 Å². The van der Waals surface area contributed by atoms with Gasteiger partial charge in [0.1, 0.15) is 0 Å². The molecule has 0 aliphatic carbocycles. The summed E-state index contributed by atoms with van der Waals surface area (Å²) in [5, 5.41) is 7.19. The number of piperidine rings is 1. The van der Waals surface area contributed by atoms with Crippen LogP contribution in [-0.2, 0) is 6.54 Å². The fourth-order valence-electron chi connectivity index (χ4n) is 2.02. The van der Waals surface area contributed by atoms with Gasteiger partial charge < -0.3 is 5.73 Å². The summed E-state index contributed by atoms with van der Waals surface area (Å²) in [6, 6.07) is 2.45. The van der Waals surface area contributed by atoms with Gasteiger partial charge in [0.15, 0.2) is 0 Å². The monoisotopic (exact) mass is 266 g/mol. The average molecular weight is 267 g/mol. The standard InChI is InChI=1S/C10H18N4.2ClH/c1-8-5-10(13-12-8)7-14-4-2-3-9(11)6-14;;/h5,9H,2-4,6-7,11H2,1H3,(H,12,13);2*1H. The number of H-pyrrole nitrogens is 1.